The molecule has 8 nitrogen and oxygen atoms in total. The van der Waals surface area contributed by atoms with E-state index in [-0.39, 0.29) is 17.2 Å². The third-order valence-corrected chi connectivity index (χ3v) is 8.65. The number of nitro benzene ring substituents is 1. The number of nitrogens with one attached hydrogen (secondary N) is 1. The Labute approximate surface area is 202 Å². The van der Waals surface area contributed by atoms with Crippen LogP contribution in [0.2, 0.25) is 5.02 Å². The molecule has 2 aromatic rings. The summed E-state index contributed by atoms with van der Waals surface area (Å²) in [6, 6.07) is 10.5. The lowest BCUT2D eigenvalue weighted by Crippen LogP contribution is -2.43. The van der Waals surface area contributed by atoms with Crippen LogP contribution < -0.4 is 5.32 Å². The van der Waals surface area contributed by atoms with Crippen LogP contribution in [-0.2, 0) is 9.63 Å². The molecule has 0 aromatic heterocycles. The summed E-state index contributed by atoms with van der Waals surface area (Å²) in [5, 5.41) is 18.7. The largest absolute Gasteiger partial charge is 0.365 e. The first kappa shape index (κ1) is 23.9. The van der Waals surface area contributed by atoms with Crippen molar-refractivity contribution in [2.75, 3.05) is 5.32 Å². The van der Waals surface area contributed by atoms with Gasteiger partial charge in [0.25, 0.3) is 5.69 Å². The van der Waals surface area contributed by atoms with Crippen LogP contribution in [0, 0.1) is 33.3 Å². The first-order valence-corrected chi connectivity index (χ1v) is 11.4. The maximum Gasteiger partial charge on any atom is 0.365 e. The highest BCUT2D eigenvalue weighted by Gasteiger charge is 2.71. The molecule has 2 aliphatic rings. The SMILES string of the molecule is Cc1c(Cl)cccc1NC(=O)C12CCC(C)(C(=NOC(=O)c3ccc([N+](=O)[O-])cc3)C1)C2(C)C. The van der Waals surface area contributed by atoms with E-state index >= 15 is 0 Å². The number of fused-ring (bicyclic) bond motifs is 2. The molecule has 178 valence electrons. The smallest absolute Gasteiger partial charge is 0.325 e. The number of rotatable bonds is 5. The molecule has 2 saturated carbocycles. The van der Waals surface area contributed by atoms with Gasteiger partial charge >= 0.3 is 5.97 Å². The molecule has 1 amide bonds. The maximum absolute atomic E-state index is 13.6. The standard InChI is InChI=1S/C25H26ClN3O5/c1-15-18(26)6-5-7-19(15)27-22(31)25-13-12-24(4,23(25,2)3)20(14-25)28-34-21(30)16-8-10-17(11-9-16)29(32)33/h5-11H,12-14H2,1-4H3,(H,27,31). The number of halogens is 1. The van der Waals surface area contributed by atoms with Crippen LogP contribution in [0.1, 0.15) is 56.0 Å². The van der Waals surface area contributed by atoms with Crippen LogP contribution in [0.5, 0.6) is 0 Å². The predicted molar refractivity (Wildman–Crippen MR) is 129 cm³/mol. The summed E-state index contributed by atoms with van der Waals surface area (Å²) in [7, 11) is 0. The molecule has 0 spiro atoms. The van der Waals surface area contributed by atoms with Crippen LogP contribution in [0.3, 0.4) is 0 Å². The molecule has 9 heteroatoms. The number of anilines is 1. The lowest BCUT2D eigenvalue weighted by Gasteiger charge is -2.39. The minimum atomic E-state index is -0.713. The second-order valence-electron chi connectivity index (χ2n) is 9.80. The molecule has 0 heterocycles. The van der Waals surface area contributed by atoms with E-state index in [2.05, 4.69) is 31.2 Å². The fraction of sp³-hybridized carbons (Fsp3) is 0.400. The lowest BCUT2D eigenvalue weighted by atomic mass is 9.64. The highest BCUT2D eigenvalue weighted by molar-refractivity contribution is 6.31. The highest BCUT2D eigenvalue weighted by atomic mass is 35.5. The van der Waals surface area contributed by atoms with Crippen LogP contribution in [0.15, 0.2) is 47.6 Å². The number of nitrogens with zero attached hydrogens (tertiary/aromatic N) is 2. The van der Waals surface area contributed by atoms with Crippen LogP contribution in [0.25, 0.3) is 0 Å². The molecule has 2 atom stereocenters. The number of benzene rings is 2. The van der Waals surface area contributed by atoms with E-state index in [1.54, 1.807) is 12.1 Å². The van der Waals surface area contributed by atoms with Gasteiger partial charge in [0.05, 0.1) is 21.6 Å². The summed E-state index contributed by atoms with van der Waals surface area (Å²) in [5.41, 5.74) is 0.604. The molecule has 1 N–H and O–H groups in total. The summed E-state index contributed by atoms with van der Waals surface area (Å²) >= 11 is 6.23. The molecule has 0 radical (unpaired) electrons. The number of amides is 1. The van der Waals surface area contributed by atoms with E-state index in [1.165, 1.54) is 24.3 Å². The lowest BCUT2D eigenvalue weighted by molar-refractivity contribution is -0.384. The molecule has 2 bridgehead atoms. The van der Waals surface area contributed by atoms with E-state index in [0.717, 1.165) is 12.0 Å². The summed E-state index contributed by atoms with van der Waals surface area (Å²) in [4.78, 5) is 41.6. The summed E-state index contributed by atoms with van der Waals surface area (Å²) in [6.45, 7) is 8.03. The summed E-state index contributed by atoms with van der Waals surface area (Å²) < 4.78 is 0. The van der Waals surface area contributed by atoms with E-state index in [1.807, 2.05) is 13.0 Å². The molecular weight excluding hydrogens is 458 g/mol. The van der Waals surface area contributed by atoms with Crippen molar-refractivity contribution in [2.45, 2.75) is 47.0 Å². The summed E-state index contributed by atoms with van der Waals surface area (Å²) in [6.07, 6.45) is 1.79. The zero-order valence-corrected chi connectivity index (χ0v) is 20.2. The van der Waals surface area contributed by atoms with Crippen LogP contribution in [0.4, 0.5) is 11.4 Å². The Morgan fingerprint density at radius 3 is 2.44 bits per heavy atom. The van der Waals surface area contributed by atoms with Gasteiger partial charge in [-0.1, -0.05) is 43.6 Å². The van der Waals surface area contributed by atoms with Crippen molar-refractivity contribution in [3.05, 3.63) is 68.7 Å². The van der Waals surface area contributed by atoms with Gasteiger partial charge < -0.3 is 10.2 Å². The topological polar surface area (TPSA) is 111 Å². The normalized spacial score (nSPS) is 25.9. The molecular formula is C25H26ClN3O5. The Balaban J connectivity index is 1.57. The number of oxime groups is 1. The Morgan fingerprint density at radius 2 is 1.79 bits per heavy atom. The average Bonchev–Trinajstić information content (AvgIpc) is 3.11. The third-order valence-electron chi connectivity index (χ3n) is 8.24. The van der Waals surface area contributed by atoms with Crippen LogP contribution in [-0.4, -0.2) is 22.5 Å². The van der Waals surface area contributed by atoms with E-state index in [9.17, 15) is 19.7 Å². The third kappa shape index (κ3) is 3.48. The molecule has 0 saturated heterocycles. The fourth-order valence-electron chi connectivity index (χ4n) is 5.38. The predicted octanol–water partition coefficient (Wildman–Crippen LogP) is 5.92. The minimum absolute atomic E-state index is 0.0986. The first-order valence-electron chi connectivity index (χ1n) is 11.0. The van der Waals surface area contributed by atoms with Crippen molar-refractivity contribution in [3.63, 3.8) is 0 Å². The number of nitro groups is 1. The number of non-ortho nitro benzene ring substituents is 1. The molecule has 34 heavy (non-hydrogen) atoms. The van der Waals surface area contributed by atoms with Gasteiger partial charge in [0.1, 0.15) is 0 Å². The van der Waals surface area contributed by atoms with Crippen molar-refractivity contribution < 1.29 is 19.3 Å². The van der Waals surface area contributed by atoms with Gasteiger partial charge in [-0.2, -0.15) is 0 Å². The second-order valence-corrected chi connectivity index (χ2v) is 10.2. The van der Waals surface area contributed by atoms with Gasteiger partial charge in [-0.3, -0.25) is 14.9 Å². The van der Waals surface area contributed by atoms with E-state index in [0.29, 0.717) is 29.3 Å². The Hall–Kier alpha value is -3.26. The minimum Gasteiger partial charge on any atom is -0.325 e. The molecule has 0 aliphatic heterocycles. The van der Waals surface area contributed by atoms with Crippen molar-refractivity contribution in [2.24, 2.45) is 21.4 Å². The fourth-order valence-corrected chi connectivity index (χ4v) is 5.55. The second kappa shape index (κ2) is 8.20. The number of carbonyl (C=O) groups excluding carboxylic acids is 2. The van der Waals surface area contributed by atoms with Gasteiger partial charge in [0, 0.05) is 34.7 Å². The van der Waals surface area contributed by atoms with Gasteiger partial charge in [0.2, 0.25) is 5.91 Å². The van der Waals surface area contributed by atoms with Crippen LogP contribution >= 0.6 is 11.6 Å². The Bertz CT molecular complexity index is 1220. The highest BCUT2D eigenvalue weighted by Crippen LogP contribution is 2.71. The van der Waals surface area contributed by atoms with Gasteiger partial charge in [-0.25, -0.2) is 4.79 Å². The molecule has 2 unspecified atom stereocenters. The molecule has 4 rings (SSSR count). The molecule has 2 aromatic carbocycles. The summed E-state index contributed by atoms with van der Waals surface area (Å²) in [5.74, 6) is -0.807. The maximum atomic E-state index is 13.6. The molecule has 2 aliphatic carbocycles. The van der Waals surface area contributed by atoms with E-state index in [4.69, 9.17) is 16.4 Å². The quantitative estimate of drug-likeness (QED) is 0.322. The monoisotopic (exact) mass is 483 g/mol. The Kier molecular flexibility index (Phi) is 5.76. The van der Waals surface area contributed by atoms with Crippen molar-refractivity contribution in [3.8, 4) is 0 Å². The van der Waals surface area contributed by atoms with E-state index < -0.39 is 27.1 Å². The van der Waals surface area contributed by atoms with Gasteiger partial charge in [-0.15, -0.1) is 0 Å². The first-order chi connectivity index (χ1) is 15.9. The average molecular weight is 484 g/mol. The molecule has 2 fully saturated rings. The van der Waals surface area contributed by atoms with Gasteiger partial charge in [-0.05, 0) is 55.0 Å². The number of hydrogen-bond acceptors (Lipinski definition) is 6. The number of hydrogen-bond donors (Lipinski definition) is 1. The van der Waals surface area contributed by atoms with Crippen molar-refractivity contribution in [1.82, 2.24) is 0 Å². The number of carbonyl (C=O) groups is 2. The van der Waals surface area contributed by atoms with Crippen molar-refractivity contribution >= 4 is 40.6 Å². The Morgan fingerprint density at radius 1 is 1.12 bits per heavy atom. The zero-order chi connectivity index (χ0) is 24.9. The zero-order valence-electron chi connectivity index (χ0n) is 19.5. The van der Waals surface area contributed by atoms with Gasteiger partial charge in [0.15, 0.2) is 0 Å². The van der Waals surface area contributed by atoms with Crippen molar-refractivity contribution in [1.29, 1.82) is 0 Å².